The predicted octanol–water partition coefficient (Wildman–Crippen LogP) is 4.82. The van der Waals surface area contributed by atoms with Crippen molar-refractivity contribution in [3.8, 4) is 28.4 Å². The topological polar surface area (TPSA) is 103 Å². The monoisotopic (exact) mass is 548 g/mol. The highest BCUT2D eigenvalue weighted by atomic mass is 32.2. The quantitative estimate of drug-likeness (QED) is 0.305. The van der Waals surface area contributed by atoms with Crippen LogP contribution in [0.1, 0.15) is 18.1 Å². The van der Waals surface area contributed by atoms with E-state index in [-0.39, 0.29) is 23.9 Å². The Labute approximate surface area is 229 Å². The van der Waals surface area contributed by atoms with Gasteiger partial charge in [0.1, 0.15) is 11.5 Å². The van der Waals surface area contributed by atoms with Crippen LogP contribution in [0.15, 0.2) is 77.8 Å². The van der Waals surface area contributed by atoms with Crippen LogP contribution >= 0.6 is 0 Å². The maximum Gasteiger partial charge on any atom is 0.243 e. The van der Waals surface area contributed by atoms with E-state index in [1.54, 1.807) is 30.7 Å². The van der Waals surface area contributed by atoms with E-state index in [1.807, 2.05) is 62.5 Å². The number of sulfonamides is 1. The Morgan fingerprint density at radius 1 is 0.923 bits per heavy atom. The van der Waals surface area contributed by atoms with Gasteiger partial charge in [0.05, 0.1) is 31.4 Å². The number of carbonyl (C=O) groups excluding carboxylic acids is 1. The van der Waals surface area contributed by atoms with E-state index >= 15 is 0 Å². The Hall–Kier alpha value is -4.15. The van der Waals surface area contributed by atoms with Crippen molar-refractivity contribution in [3.63, 3.8) is 0 Å². The van der Waals surface area contributed by atoms with Crippen LogP contribution in [-0.4, -0.2) is 55.5 Å². The molecule has 0 atom stereocenters. The summed E-state index contributed by atoms with van der Waals surface area (Å²) in [7, 11) is -0.792. The van der Waals surface area contributed by atoms with Gasteiger partial charge in [-0.3, -0.25) is 14.7 Å². The zero-order valence-electron chi connectivity index (χ0n) is 22.6. The van der Waals surface area contributed by atoms with Crippen molar-refractivity contribution >= 4 is 21.9 Å². The summed E-state index contributed by atoms with van der Waals surface area (Å²) >= 11 is 0. The zero-order chi connectivity index (χ0) is 28.2. The largest absolute Gasteiger partial charge is 0.497 e. The molecule has 0 unspecified atom stereocenters. The Bertz CT molecular complexity index is 1560. The van der Waals surface area contributed by atoms with E-state index in [0.717, 1.165) is 32.4 Å². The third kappa shape index (κ3) is 6.13. The number of benzene rings is 3. The molecular formula is C29H32N4O5S. The molecule has 0 bridgehead atoms. The summed E-state index contributed by atoms with van der Waals surface area (Å²) in [5, 5.41) is 2.82. The molecule has 39 heavy (non-hydrogen) atoms. The molecule has 0 radical (unpaired) electrons. The average Bonchev–Trinajstić information content (AvgIpc) is 3.36. The van der Waals surface area contributed by atoms with E-state index in [0.29, 0.717) is 11.4 Å². The number of aryl methyl sites for hydroxylation is 2. The van der Waals surface area contributed by atoms with E-state index in [2.05, 4.69) is 10.3 Å². The number of hydrogen-bond acceptors (Lipinski definition) is 6. The summed E-state index contributed by atoms with van der Waals surface area (Å²) in [5.74, 6) is 1.04. The molecule has 1 amide bonds. The summed E-state index contributed by atoms with van der Waals surface area (Å²) in [6.07, 6.45) is 1.84. The summed E-state index contributed by atoms with van der Waals surface area (Å²) < 4.78 is 39.7. The number of anilines is 1. The molecule has 4 aromatic rings. The van der Waals surface area contributed by atoms with E-state index in [1.165, 1.54) is 19.2 Å². The maximum absolute atomic E-state index is 13.2. The number of aromatic nitrogens is 2. The van der Waals surface area contributed by atoms with Crippen LogP contribution in [0.25, 0.3) is 16.9 Å². The minimum atomic E-state index is -3.90. The fraction of sp³-hybridized carbons (Fsp3) is 0.241. The molecule has 0 saturated heterocycles. The molecule has 0 aliphatic heterocycles. The summed E-state index contributed by atoms with van der Waals surface area (Å²) in [6, 6.07) is 19.5. The highest BCUT2D eigenvalue weighted by Crippen LogP contribution is 2.27. The van der Waals surface area contributed by atoms with E-state index in [9.17, 15) is 13.2 Å². The normalized spacial score (nSPS) is 11.4. The minimum absolute atomic E-state index is 0.0800. The van der Waals surface area contributed by atoms with Gasteiger partial charge in [-0.1, -0.05) is 13.0 Å². The van der Waals surface area contributed by atoms with Gasteiger partial charge in [0.2, 0.25) is 21.9 Å². The first-order chi connectivity index (χ1) is 18.7. The molecule has 10 heteroatoms. The lowest BCUT2D eigenvalue weighted by Crippen LogP contribution is -2.38. The van der Waals surface area contributed by atoms with Crippen molar-refractivity contribution in [2.45, 2.75) is 25.7 Å². The first kappa shape index (κ1) is 27.9. The third-order valence-electron chi connectivity index (χ3n) is 6.48. The van der Waals surface area contributed by atoms with Crippen molar-refractivity contribution in [3.05, 3.63) is 84.1 Å². The SMILES string of the molecule is CCN(CC(=O)Nc1nc(-c2ccc(OC)cc2)cn1-c1ccc(C)c(C)c1)S(=O)(=O)c1ccc(OC)cc1. The first-order valence-corrected chi connectivity index (χ1v) is 13.9. The molecule has 1 aromatic heterocycles. The van der Waals surface area contributed by atoms with Crippen molar-refractivity contribution in [2.24, 2.45) is 0 Å². The fourth-order valence-corrected chi connectivity index (χ4v) is 5.43. The van der Waals surface area contributed by atoms with Gasteiger partial charge in [0.25, 0.3) is 0 Å². The van der Waals surface area contributed by atoms with Gasteiger partial charge in [-0.15, -0.1) is 0 Å². The van der Waals surface area contributed by atoms with Crippen LogP contribution in [0.3, 0.4) is 0 Å². The molecule has 204 valence electrons. The van der Waals surface area contributed by atoms with Gasteiger partial charge >= 0.3 is 0 Å². The highest BCUT2D eigenvalue weighted by Gasteiger charge is 2.26. The van der Waals surface area contributed by atoms with Crippen LogP contribution < -0.4 is 14.8 Å². The van der Waals surface area contributed by atoms with Crippen LogP contribution in [0.4, 0.5) is 5.95 Å². The molecule has 3 aromatic carbocycles. The van der Waals surface area contributed by atoms with E-state index in [4.69, 9.17) is 9.47 Å². The molecular weight excluding hydrogens is 516 g/mol. The van der Waals surface area contributed by atoms with Crippen molar-refractivity contribution < 1.29 is 22.7 Å². The maximum atomic E-state index is 13.2. The number of nitrogens with one attached hydrogen (secondary N) is 1. The second-order valence-electron chi connectivity index (χ2n) is 8.97. The summed E-state index contributed by atoms with van der Waals surface area (Å²) in [6.45, 7) is 5.47. The Morgan fingerprint density at radius 2 is 1.54 bits per heavy atom. The highest BCUT2D eigenvalue weighted by molar-refractivity contribution is 7.89. The number of likely N-dealkylation sites (N-methyl/N-ethyl adjacent to an activating group) is 1. The van der Waals surface area contributed by atoms with E-state index < -0.39 is 15.9 Å². The number of amides is 1. The van der Waals surface area contributed by atoms with Gasteiger partial charge < -0.3 is 9.47 Å². The fourth-order valence-electron chi connectivity index (χ4n) is 4.03. The van der Waals surface area contributed by atoms with Crippen LogP contribution in [0.5, 0.6) is 11.5 Å². The molecule has 1 heterocycles. The van der Waals surface area contributed by atoms with Crippen LogP contribution in [0.2, 0.25) is 0 Å². The Morgan fingerprint density at radius 3 is 2.10 bits per heavy atom. The van der Waals surface area contributed by atoms with Gasteiger partial charge in [0.15, 0.2) is 0 Å². The summed E-state index contributed by atoms with van der Waals surface area (Å²) in [5.41, 5.74) is 4.53. The smallest absolute Gasteiger partial charge is 0.243 e. The summed E-state index contributed by atoms with van der Waals surface area (Å²) in [4.78, 5) is 18.0. The molecule has 1 N–H and O–H groups in total. The second-order valence-corrected chi connectivity index (χ2v) is 10.9. The number of hydrogen-bond donors (Lipinski definition) is 1. The standard InChI is InChI=1S/C29H32N4O5S/c1-6-32(39(35,36)26-15-13-25(38-5)14-16-26)19-28(34)31-29-30-27(22-8-11-24(37-4)12-9-22)18-33(29)23-10-7-20(2)21(3)17-23/h7-18H,6,19H2,1-5H3,(H,30,31,34). The number of methoxy groups -OCH3 is 2. The second kappa shape index (κ2) is 11.7. The molecule has 0 aliphatic carbocycles. The third-order valence-corrected chi connectivity index (χ3v) is 8.42. The van der Waals surface area contributed by atoms with Crippen LogP contribution in [0, 0.1) is 13.8 Å². The van der Waals surface area contributed by atoms with Gasteiger partial charge in [0, 0.05) is 24.0 Å². The van der Waals surface area contributed by atoms with Gasteiger partial charge in [-0.2, -0.15) is 4.31 Å². The molecule has 9 nitrogen and oxygen atoms in total. The van der Waals surface area contributed by atoms with Gasteiger partial charge in [-0.25, -0.2) is 13.4 Å². The molecule has 4 rings (SSSR count). The molecule has 0 saturated carbocycles. The zero-order valence-corrected chi connectivity index (χ0v) is 23.5. The number of imidazole rings is 1. The van der Waals surface area contributed by atoms with Crippen molar-refractivity contribution in [2.75, 3.05) is 32.6 Å². The lowest BCUT2D eigenvalue weighted by molar-refractivity contribution is -0.116. The number of ether oxygens (including phenoxy) is 2. The van der Waals surface area contributed by atoms with Gasteiger partial charge in [-0.05, 0) is 85.6 Å². The Balaban J connectivity index is 1.63. The lowest BCUT2D eigenvalue weighted by atomic mass is 10.1. The minimum Gasteiger partial charge on any atom is -0.497 e. The predicted molar refractivity (Wildman–Crippen MR) is 151 cm³/mol. The average molecular weight is 549 g/mol. The van der Waals surface area contributed by atoms with Crippen molar-refractivity contribution in [1.82, 2.24) is 13.9 Å². The molecule has 0 spiro atoms. The lowest BCUT2D eigenvalue weighted by Gasteiger charge is -2.20. The number of carbonyl (C=O) groups is 1. The molecule has 0 fully saturated rings. The molecule has 0 aliphatic rings. The Kier molecular flexibility index (Phi) is 8.37. The van der Waals surface area contributed by atoms with Crippen molar-refractivity contribution in [1.29, 1.82) is 0 Å². The van der Waals surface area contributed by atoms with Crippen LogP contribution in [-0.2, 0) is 14.8 Å². The number of rotatable bonds is 10. The number of nitrogens with zero attached hydrogens (tertiary/aromatic N) is 3. The first-order valence-electron chi connectivity index (χ1n) is 12.4.